The Kier molecular flexibility index (Phi) is 20.6. The van der Waals surface area contributed by atoms with Crippen LogP contribution >= 0.6 is 0 Å². The molecule has 3 nitrogen and oxygen atoms in total. The summed E-state index contributed by atoms with van der Waals surface area (Å²) < 4.78 is 5.31. The van der Waals surface area contributed by atoms with Crippen molar-refractivity contribution in [3.8, 4) is 0 Å². The summed E-state index contributed by atoms with van der Waals surface area (Å²) >= 11 is 0. The topological polar surface area (TPSA) is 46.5 Å². The van der Waals surface area contributed by atoms with E-state index in [1.807, 2.05) is 0 Å². The molecule has 0 atom stereocenters. The molecule has 18 heavy (non-hydrogen) atoms. The second-order valence-corrected chi connectivity index (χ2v) is 4.52. The van der Waals surface area contributed by atoms with Crippen molar-refractivity contribution in [1.82, 2.24) is 0 Å². The first-order chi connectivity index (χ1) is 8.68. The highest BCUT2D eigenvalue weighted by atomic mass is 16.5. The molecule has 0 aliphatic rings. The van der Waals surface area contributed by atoms with Gasteiger partial charge in [0.15, 0.2) is 0 Å². The molecule has 0 unspecified atom stereocenters. The van der Waals surface area contributed by atoms with Crippen LogP contribution in [0.5, 0.6) is 0 Å². The van der Waals surface area contributed by atoms with Crippen LogP contribution < -0.4 is 0 Å². The van der Waals surface area contributed by atoms with Gasteiger partial charge >= 0.3 is 5.97 Å². The van der Waals surface area contributed by atoms with Crippen molar-refractivity contribution >= 4 is 5.97 Å². The normalized spacial score (nSPS) is 9.72. The van der Waals surface area contributed by atoms with Crippen molar-refractivity contribution in [2.75, 3.05) is 13.2 Å². The zero-order valence-electron chi connectivity index (χ0n) is 12.5. The highest BCUT2D eigenvalue weighted by Gasteiger charge is 1.93. The number of hydrogen-bond acceptors (Lipinski definition) is 2. The van der Waals surface area contributed by atoms with Crippen LogP contribution in [0.1, 0.15) is 78.6 Å². The summed E-state index contributed by atoms with van der Waals surface area (Å²) in [4.78, 5) is 9.96. The largest absolute Gasteiger partial charge is 0.481 e. The fraction of sp³-hybridized carbons (Fsp3) is 0.933. The molecule has 0 aromatic rings. The molecule has 0 radical (unpaired) electrons. The SMILES string of the molecule is CCCCCCC(=O)O.CCCCOCCCC. The lowest BCUT2D eigenvalue weighted by atomic mass is 10.2. The number of aliphatic carboxylic acids is 1. The van der Waals surface area contributed by atoms with Crippen molar-refractivity contribution in [3.05, 3.63) is 0 Å². The molecule has 0 spiro atoms. The Hall–Kier alpha value is -0.570. The van der Waals surface area contributed by atoms with Gasteiger partial charge in [0.05, 0.1) is 0 Å². The first kappa shape index (κ1) is 19.8. The van der Waals surface area contributed by atoms with E-state index >= 15 is 0 Å². The molecule has 0 rings (SSSR count). The smallest absolute Gasteiger partial charge is 0.303 e. The summed E-state index contributed by atoms with van der Waals surface area (Å²) in [5.74, 6) is -0.675. The molecule has 110 valence electrons. The maximum absolute atomic E-state index is 9.96. The summed E-state index contributed by atoms with van der Waals surface area (Å²) in [6, 6.07) is 0. The van der Waals surface area contributed by atoms with E-state index in [1.165, 1.54) is 32.1 Å². The van der Waals surface area contributed by atoms with Crippen molar-refractivity contribution in [3.63, 3.8) is 0 Å². The quantitative estimate of drug-likeness (QED) is 0.550. The van der Waals surface area contributed by atoms with E-state index in [-0.39, 0.29) is 0 Å². The van der Waals surface area contributed by atoms with Gasteiger partial charge in [-0.1, -0.05) is 52.9 Å². The zero-order valence-corrected chi connectivity index (χ0v) is 12.5. The van der Waals surface area contributed by atoms with Crippen LogP contribution in [0.4, 0.5) is 0 Å². The number of carboxylic acids is 1. The standard InChI is InChI=1S/C8H18O.C7H14O2/c1-3-5-7-9-8-6-4-2;1-2-3-4-5-6-7(8)9/h3-8H2,1-2H3;2-6H2,1H3,(H,8,9). The second-order valence-electron chi connectivity index (χ2n) is 4.52. The summed E-state index contributed by atoms with van der Waals surface area (Å²) in [6.07, 6.45) is 9.46. The molecule has 0 heterocycles. The van der Waals surface area contributed by atoms with E-state index in [4.69, 9.17) is 9.84 Å². The van der Waals surface area contributed by atoms with Gasteiger partial charge in [-0.15, -0.1) is 0 Å². The highest BCUT2D eigenvalue weighted by Crippen LogP contribution is 2.01. The van der Waals surface area contributed by atoms with Gasteiger partial charge in [-0.2, -0.15) is 0 Å². The van der Waals surface area contributed by atoms with Crippen LogP contribution in [0.2, 0.25) is 0 Å². The molecule has 0 aliphatic heterocycles. The lowest BCUT2D eigenvalue weighted by molar-refractivity contribution is -0.137. The number of carbonyl (C=O) groups is 1. The van der Waals surface area contributed by atoms with E-state index in [0.29, 0.717) is 6.42 Å². The Labute approximate surface area is 113 Å². The van der Waals surface area contributed by atoms with Gasteiger partial charge < -0.3 is 9.84 Å². The lowest BCUT2D eigenvalue weighted by Crippen LogP contribution is -1.95. The minimum absolute atomic E-state index is 0.333. The third kappa shape index (κ3) is 24.6. The molecule has 0 saturated carbocycles. The van der Waals surface area contributed by atoms with Crippen LogP contribution in [-0.2, 0) is 9.53 Å². The van der Waals surface area contributed by atoms with Gasteiger partial charge in [-0.3, -0.25) is 4.79 Å². The Bertz CT molecular complexity index is 152. The zero-order chi connectivity index (χ0) is 14.1. The monoisotopic (exact) mass is 260 g/mol. The van der Waals surface area contributed by atoms with Crippen LogP contribution in [-0.4, -0.2) is 24.3 Å². The predicted octanol–water partition coefficient (Wildman–Crippen LogP) is 4.64. The number of rotatable bonds is 11. The number of hydrogen-bond donors (Lipinski definition) is 1. The molecule has 0 fully saturated rings. The third-order valence-corrected chi connectivity index (χ3v) is 2.53. The molecule has 0 amide bonds. The van der Waals surface area contributed by atoms with Gasteiger partial charge in [-0.25, -0.2) is 0 Å². The van der Waals surface area contributed by atoms with Crippen molar-refractivity contribution in [2.45, 2.75) is 78.6 Å². The van der Waals surface area contributed by atoms with E-state index in [2.05, 4.69) is 20.8 Å². The fourth-order valence-electron chi connectivity index (χ4n) is 1.30. The van der Waals surface area contributed by atoms with E-state index < -0.39 is 5.97 Å². The van der Waals surface area contributed by atoms with Crippen LogP contribution in [0.15, 0.2) is 0 Å². The molecule has 1 N–H and O–H groups in total. The first-order valence-electron chi connectivity index (χ1n) is 7.48. The average Bonchev–Trinajstić information content (AvgIpc) is 2.35. The Morgan fingerprint density at radius 1 is 0.833 bits per heavy atom. The summed E-state index contributed by atoms with van der Waals surface area (Å²) in [5.41, 5.74) is 0. The summed E-state index contributed by atoms with van der Waals surface area (Å²) in [6.45, 7) is 8.39. The molecule has 0 aromatic heterocycles. The maximum atomic E-state index is 9.96. The number of ether oxygens (including phenoxy) is 1. The Morgan fingerprint density at radius 2 is 1.33 bits per heavy atom. The summed E-state index contributed by atoms with van der Waals surface area (Å²) in [7, 11) is 0. The first-order valence-corrected chi connectivity index (χ1v) is 7.48. The summed E-state index contributed by atoms with van der Waals surface area (Å²) in [5, 5.41) is 8.21. The highest BCUT2D eigenvalue weighted by molar-refractivity contribution is 5.66. The van der Waals surface area contributed by atoms with Crippen LogP contribution in [0.25, 0.3) is 0 Å². The minimum atomic E-state index is -0.675. The van der Waals surface area contributed by atoms with E-state index in [9.17, 15) is 4.79 Å². The molecular formula is C15H32O3. The third-order valence-electron chi connectivity index (χ3n) is 2.53. The Morgan fingerprint density at radius 3 is 1.72 bits per heavy atom. The average molecular weight is 260 g/mol. The van der Waals surface area contributed by atoms with Crippen molar-refractivity contribution < 1.29 is 14.6 Å². The van der Waals surface area contributed by atoms with Crippen molar-refractivity contribution in [1.29, 1.82) is 0 Å². The van der Waals surface area contributed by atoms with Crippen LogP contribution in [0, 0.1) is 0 Å². The van der Waals surface area contributed by atoms with Crippen molar-refractivity contribution in [2.24, 2.45) is 0 Å². The molecule has 0 saturated heterocycles. The number of carboxylic acid groups (broad SMARTS) is 1. The Balaban J connectivity index is 0. The van der Waals surface area contributed by atoms with Gasteiger partial charge in [-0.05, 0) is 19.3 Å². The molecule has 0 bridgehead atoms. The maximum Gasteiger partial charge on any atom is 0.303 e. The van der Waals surface area contributed by atoms with Gasteiger partial charge in [0, 0.05) is 19.6 Å². The number of unbranched alkanes of at least 4 members (excludes halogenated alkanes) is 5. The minimum Gasteiger partial charge on any atom is -0.481 e. The molecular weight excluding hydrogens is 228 g/mol. The molecule has 3 heteroatoms. The predicted molar refractivity (Wildman–Crippen MR) is 77.0 cm³/mol. The molecule has 0 aromatic carbocycles. The van der Waals surface area contributed by atoms with Crippen LogP contribution in [0.3, 0.4) is 0 Å². The van der Waals surface area contributed by atoms with E-state index in [1.54, 1.807) is 0 Å². The molecule has 0 aliphatic carbocycles. The van der Waals surface area contributed by atoms with E-state index in [0.717, 1.165) is 32.5 Å². The van der Waals surface area contributed by atoms with Gasteiger partial charge in [0.2, 0.25) is 0 Å². The fourth-order valence-corrected chi connectivity index (χ4v) is 1.30. The van der Waals surface area contributed by atoms with Gasteiger partial charge in [0.25, 0.3) is 0 Å². The van der Waals surface area contributed by atoms with Gasteiger partial charge in [0.1, 0.15) is 0 Å². The second kappa shape index (κ2) is 18.8. The lowest BCUT2D eigenvalue weighted by Gasteiger charge is -1.99.